The maximum Gasteiger partial charge on any atom is 0.264 e. The average Bonchev–Trinajstić information content (AvgIpc) is 3.06. The standard InChI is InChI=1S/C19H25N3O2S/c1-14-7-11-25-18(14)19(23)22-9-10-24-16(13-22)5-4-15-6-8-20-17(12-15)21(2)3/h6-8,11-12,16H,4-5,9-10,13H2,1-3H3. The van der Waals surface area contributed by atoms with Gasteiger partial charge in [0.15, 0.2) is 0 Å². The minimum atomic E-state index is 0.0916. The van der Waals surface area contributed by atoms with Crippen LogP contribution in [0.5, 0.6) is 0 Å². The maximum atomic E-state index is 12.7. The van der Waals surface area contributed by atoms with E-state index in [0.29, 0.717) is 19.7 Å². The first-order valence-electron chi connectivity index (χ1n) is 8.62. The van der Waals surface area contributed by atoms with Crippen LogP contribution in [0.1, 0.15) is 27.2 Å². The van der Waals surface area contributed by atoms with Gasteiger partial charge in [-0.15, -0.1) is 11.3 Å². The van der Waals surface area contributed by atoms with Crippen molar-refractivity contribution >= 4 is 23.1 Å². The molecule has 0 bridgehead atoms. The Morgan fingerprint density at radius 3 is 3.00 bits per heavy atom. The summed E-state index contributed by atoms with van der Waals surface area (Å²) in [5.41, 5.74) is 2.31. The molecule has 1 aliphatic rings. The Hall–Kier alpha value is -1.92. The Morgan fingerprint density at radius 2 is 2.28 bits per heavy atom. The van der Waals surface area contributed by atoms with E-state index in [1.54, 1.807) is 0 Å². The molecule has 2 aromatic rings. The van der Waals surface area contributed by atoms with Gasteiger partial charge in [0, 0.05) is 33.4 Å². The van der Waals surface area contributed by atoms with Gasteiger partial charge >= 0.3 is 0 Å². The van der Waals surface area contributed by atoms with Crippen LogP contribution in [0.3, 0.4) is 0 Å². The van der Waals surface area contributed by atoms with Gasteiger partial charge in [0.25, 0.3) is 5.91 Å². The van der Waals surface area contributed by atoms with Crippen molar-refractivity contribution in [1.29, 1.82) is 0 Å². The first-order chi connectivity index (χ1) is 12.0. The van der Waals surface area contributed by atoms with Crippen molar-refractivity contribution in [2.24, 2.45) is 0 Å². The zero-order valence-electron chi connectivity index (χ0n) is 15.1. The number of morpholine rings is 1. The molecule has 1 fully saturated rings. The first-order valence-corrected chi connectivity index (χ1v) is 9.50. The number of nitrogens with zero attached hydrogens (tertiary/aromatic N) is 3. The van der Waals surface area contributed by atoms with E-state index >= 15 is 0 Å². The Kier molecular flexibility index (Phi) is 5.71. The van der Waals surface area contributed by atoms with E-state index in [0.717, 1.165) is 29.1 Å². The van der Waals surface area contributed by atoms with E-state index in [1.807, 2.05) is 54.5 Å². The van der Waals surface area contributed by atoms with Crippen molar-refractivity contribution in [1.82, 2.24) is 9.88 Å². The van der Waals surface area contributed by atoms with Crippen LogP contribution < -0.4 is 4.90 Å². The van der Waals surface area contributed by atoms with Crippen molar-refractivity contribution in [3.05, 3.63) is 45.8 Å². The molecule has 3 rings (SSSR count). The van der Waals surface area contributed by atoms with Gasteiger partial charge in [-0.05, 0) is 54.5 Å². The third-order valence-electron chi connectivity index (χ3n) is 4.51. The van der Waals surface area contributed by atoms with E-state index in [2.05, 4.69) is 11.1 Å². The second kappa shape index (κ2) is 7.97. The maximum absolute atomic E-state index is 12.7. The van der Waals surface area contributed by atoms with Gasteiger partial charge in [0.05, 0.1) is 17.6 Å². The molecule has 6 heteroatoms. The van der Waals surface area contributed by atoms with Crippen molar-refractivity contribution < 1.29 is 9.53 Å². The molecule has 0 saturated carbocycles. The SMILES string of the molecule is Cc1ccsc1C(=O)N1CCOC(CCc2ccnc(N(C)C)c2)C1. The van der Waals surface area contributed by atoms with Gasteiger partial charge < -0.3 is 14.5 Å². The molecule has 0 aliphatic carbocycles. The van der Waals surface area contributed by atoms with Crippen LogP contribution in [0.25, 0.3) is 0 Å². The molecule has 1 unspecified atom stereocenters. The van der Waals surface area contributed by atoms with Gasteiger partial charge in [-0.1, -0.05) is 0 Å². The monoisotopic (exact) mass is 359 g/mol. The summed E-state index contributed by atoms with van der Waals surface area (Å²) >= 11 is 1.52. The highest BCUT2D eigenvalue weighted by Gasteiger charge is 2.26. The summed E-state index contributed by atoms with van der Waals surface area (Å²) < 4.78 is 5.89. The molecule has 0 spiro atoms. The molecule has 1 atom stereocenters. The lowest BCUT2D eigenvalue weighted by Crippen LogP contribution is -2.45. The third kappa shape index (κ3) is 4.38. The average molecular weight is 359 g/mol. The Bertz CT molecular complexity index is 729. The Balaban J connectivity index is 1.58. The molecule has 0 aromatic carbocycles. The number of pyridine rings is 1. The van der Waals surface area contributed by atoms with Crippen molar-refractivity contribution in [3.8, 4) is 0 Å². The van der Waals surface area contributed by atoms with Crippen LogP contribution in [-0.2, 0) is 11.2 Å². The minimum absolute atomic E-state index is 0.0916. The number of aromatic nitrogens is 1. The van der Waals surface area contributed by atoms with Crippen LogP contribution in [-0.4, -0.2) is 55.7 Å². The number of ether oxygens (including phenoxy) is 1. The molecule has 5 nitrogen and oxygen atoms in total. The molecule has 0 radical (unpaired) electrons. The summed E-state index contributed by atoms with van der Waals surface area (Å²) in [6.45, 7) is 3.95. The number of hydrogen-bond donors (Lipinski definition) is 0. The number of amides is 1. The second-order valence-corrected chi connectivity index (χ2v) is 7.55. The number of carbonyl (C=O) groups is 1. The summed E-state index contributed by atoms with van der Waals surface area (Å²) in [4.78, 5) is 21.8. The number of hydrogen-bond acceptors (Lipinski definition) is 5. The minimum Gasteiger partial charge on any atom is -0.375 e. The first kappa shape index (κ1) is 17.9. The van der Waals surface area contributed by atoms with Crippen molar-refractivity contribution in [2.45, 2.75) is 25.9 Å². The fourth-order valence-electron chi connectivity index (χ4n) is 3.00. The Morgan fingerprint density at radius 1 is 1.44 bits per heavy atom. The molecular weight excluding hydrogens is 334 g/mol. The highest BCUT2D eigenvalue weighted by molar-refractivity contribution is 7.12. The second-order valence-electron chi connectivity index (χ2n) is 6.63. The highest BCUT2D eigenvalue weighted by atomic mass is 32.1. The molecular formula is C19H25N3O2S. The molecule has 0 N–H and O–H groups in total. The van der Waals surface area contributed by atoms with Crippen LogP contribution in [0.4, 0.5) is 5.82 Å². The number of anilines is 1. The van der Waals surface area contributed by atoms with Crippen LogP contribution in [0, 0.1) is 6.92 Å². The van der Waals surface area contributed by atoms with E-state index in [1.165, 1.54) is 16.9 Å². The molecule has 1 amide bonds. The van der Waals surface area contributed by atoms with Crippen LogP contribution in [0.2, 0.25) is 0 Å². The van der Waals surface area contributed by atoms with E-state index in [-0.39, 0.29) is 12.0 Å². The highest BCUT2D eigenvalue weighted by Crippen LogP contribution is 2.21. The predicted molar refractivity (Wildman–Crippen MR) is 102 cm³/mol. The van der Waals surface area contributed by atoms with E-state index < -0.39 is 0 Å². The van der Waals surface area contributed by atoms with Crippen LogP contribution in [0.15, 0.2) is 29.8 Å². The largest absolute Gasteiger partial charge is 0.375 e. The zero-order valence-corrected chi connectivity index (χ0v) is 15.9. The number of carbonyl (C=O) groups excluding carboxylic acids is 1. The molecule has 1 aliphatic heterocycles. The molecule has 2 aromatic heterocycles. The zero-order chi connectivity index (χ0) is 17.8. The quantitative estimate of drug-likeness (QED) is 0.823. The molecule has 134 valence electrons. The topological polar surface area (TPSA) is 45.7 Å². The van der Waals surface area contributed by atoms with E-state index in [9.17, 15) is 4.79 Å². The number of thiophene rings is 1. The lowest BCUT2D eigenvalue weighted by Gasteiger charge is -2.33. The summed E-state index contributed by atoms with van der Waals surface area (Å²) in [7, 11) is 3.98. The van der Waals surface area contributed by atoms with Gasteiger partial charge in [-0.25, -0.2) is 4.98 Å². The van der Waals surface area contributed by atoms with Gasteiger partial charge in [-0.3, -0.25) is 4.79 Å². The lowest BCUT2D eigenvalue weighted by atomic mass is 10.1. The molecule has 3 heterocycles. The van der Waals surface area contributed by atoms with Crippen molar-refractivity contribution in [3.63, 3.8) is 0 Å². The number of rotatable bonds is 5. The third-order valence-corrected chi connectivity index (χ3v) is 5.51. The summed E-state index contributed by atoms with van der Waals surface area (Å²) in [6, 6.07) is 6.16. The fourth-order valence-corrected chi connectivity index (χ4v) is 3.89. The summed E-state index contributed by atoms with van der Waals surface area (Å²) in [5.74, 6) is 1.10. The molecule has 25 heavy (non-hydrogen) atoms. The summed E-state index contributed by atoms with van der Waals surface area (Å²) in [6.07, 6.45) is 3.77. The normalized spacial score (nSPS) is 17.6. The van der Waals surface area contributed by atoms with E-state index in [4.69, 9.17) is 4.74 Å². The Labute approximate surface area is 153 Å². The predicted octanol–water partition coefficient (Wildman–Crippen LogP) is 2.99. The fraction of sp³-hybridized carbons (Fsp3) is 0.474. The van der Waals surface area contributed by atoms with Crippen molar-refractivity contribution in [2.75, 3.05) is 38.7 Å². The van der Waals surface area contributed by atoms with Gasteiger partial charge in [0.1, 0.15) is 5.82 Å². The summed E-state index contributed by atoms with van der Waals surface area (Å²) in [5, 5.41) is 1.98. The van der Waals surface area contributed by atoms with Crippen LogP contribution >= 0.6 is 11.3 Å². The number of aryl methyl sites for hydroxylation is 2. The van der Waals surface area contributed by atoms with Gasteiger partial charge in [-0.2, -0.15) is 0 Å². The smallest absolute Gasteiger partial charge is 0.264 e. The molecule has 1 saturated heterocycles. The lowest BCUT2D eigenvalue weighted by molar-refractivity contribution is -0.0244. The van der Waals surface area contributed by atoms with Gasteiger partial charge in [0.2, 0.25) is 0 Å².